The van der Waals surface area contributed by atoms with E-state index in [4.69, 9.17) is 0 Å². The van der Waals surface area contributed by atoms with Crippen molar-refractivity contribution >= 4 is 5.97 Å². The molecule has 0 amide bonds. The number of carboxylic acids is 1. The van der Waals surface area contributed by atoms with Gasteiger partial charge in [-0.1, -0.05) is 56.3 Å². The highest BCUT2D eigenvalue weighted by Crippen LogP contribution is 2.24. The average Bonchev–Trinajstić information content (AvgIpc) is 3.02. The molecule has 1 aromatic heterocycles. The number of hydrogen-bond donors (Lipinski definition) is 1. The van der Waals surface area contributed by atoms with Crippen LogP contribution >= 0.6 is 0 Å². The van der Waals surface area contributed by atoms with E-state index < -0.39 is 5.97 Å². The van der Waals surface area contributed by atoms with E-state index in [-0.39, 0.29) is 11.3 Å². The maximum Gasteiger partial charge on any atom is 0.336 e. The second-order valence-electron chi connectivity index (χ2n) is 7.76. The lowest BCUT2D eigenvalue weighted by molar-refractivity contribution is 0.0697. The van der Waals surface area contributed by atoms with Gasteiger partial charge in [0.15, 0.2) is 0 Å². The molecular formula is C24H28N2O3. The molecule has 3 rings (SSSR count). The maximum atomic E-state index is 12.7. The van der Waals surface area contributed by atoms with E-state index >= 15 is 0 Å². The van der Waals surface area contributed by atoms with Crippen LogP contribution in [0, 0.1) is 5.92 Å². The molecule has 0 unspecified atom stereocenters. The quantitative estimate of drug-likeness (QED) is 0.606. The fourth-order valence-corrected chi connectivity index (χ4v) is 3.51. The Kier molecular flexibility index (Phi) is 6.37. The molecule has 3 aromatic rings. The van der Waals surface area contributed by atoms with Gasteiger partial charge < -0.3 is 5.11 Å². The maximum absolute atomic E-state index is 12.7. The molecule has 0 aliphatic rings. The molecule has 1 heterocycles. The van der Waals surface area contributed by atoms with E-state index in [0.29, 0.717) is 24.6 Å². The van der Waals surface area contributed by atoms with Crippen LogP contribution in [0.15, 0.2) is 59.5 Å². The van der Waals surface area contributed by atoms with Crippen molar-refractivity contribution in [1.29, 1.82) is 0 Å². The third kappa shape index (κ3) is 4.67. The number of aromatic nitrogens is 2. The standard InChI is InChI=1S/C24H28N2O3/c1-4-25-16-20(14-9-17(2)3)26(24(25)29)15-18-10-12-19(13-11-18)21-7-5-6-8-22(21)23(27)28/h5-8,10-13,16-17H,4,9,14-15H2,1-3H3,(H,27,28). The van der Waals surface area contributed by atoms with E-state index in [2.05, 4.69) is 13.8 Å². The first-order chi connectivity index (χ1) is 13.9. The summed E-state index contributed by atoms with van der Waals surface area (Å²) in [5.74, 6) is -0.357. The van der Waals surface area contributed by atoms with Gasteiger partial charge in [-0.15, -0.1) is 0 Å². The van der Waals surface area contributed by atoms with E-state index in [0.717, 1.165) is 29.7 Å². The summed E-state index contributed by atoms with van der Waals surface area (Å²) in [5.41, 5.74) is 3.93. The number of benzene rings is 2. The van der Waals surface area contributed by atoms with E-state index in [1.165, 1.54) is 0 Å². The molecule has 0 aliphatic heterocycles. The summed E-state index contributed by atoms with van der Waals surface area (Å²) in [4.78, 5) is 24.2. The summed E-state index contributed by atoms with van der Waals surface area (Å²) >= 11 is 0. The molecular weight excluding hydrogens is 364 g/mol. The zero-order valence-corrected chi connectivity index (χ0v) is 17.3. The summed E-state index contributed by atoms with van der Waals surface area (Å²) in [6, 6.07) is 14.8. The first-order valence-corrected chi connectivity index (χ1v) is 10.1. The average molecular weight is 392 g/mol. The van der Waals surface area contributed by atoms with Gasteiger partial charge in [-0.2, -0.15) is 0 Å². The van der Waals surface area contributed by atoms with E-state index in [1.54, 1.807) is 16.7 Å². The first kappa shape index (κ1) is 20.6. The number of aromatic carboxylic acids is 1. The molecule has 1 N–H and O–H groups in total. The van der Waals surface area contributed by atoms with Crippen LogP contribution < -0.4 is 5.69 Å². The van der Waals surface area contributed by atoms with E-state index in [9.17, 15) is 14.7 Å². The molecule has 2 aromatic carbocycles. The molecule has 0 aliphatic carbocycles. The van der Waals surface area contributed by atoms with Gasteiger partial charge in [-0.05, 0) is 48.4 Å². The smallest absolute Gasteiger partial charge is 0.336 e. The van der Waals surface area contributed by atoms with Crippen molar-refractivity contribution in [1.82, 2.24) is 9.13 Å². The Bertz CT molecular complexity index is 1040. The summed E-state index contributed by atoms with van der Waals surface area (Å²) < 4.78 is 3.61. The largest absolute Gasteiger partial charge is 0.478 e. The van der Waals surface area contributed by atoms with Gasteiger partial charge in [0, 0.05) is 18.4 Å². The fourth-order valence-electron chi connectivity index (χ4n) is 3.51. The number of carbonyl (C=O) groups is 1. The molecule has 0 saturated heterocycles. The predicted molar refractivity (Wildman–Crippen MR) is 115 cm³/mol. The summed E-state index contributed by atoms with van der Waals surface area (Å²) in [6.07, 6.45) is 3.89. The Morgan fingerprint density at radius 1 is 1.07 bits per heavy atom. The highest BCUT2D eigenvalue weighted by atomic mass is 16.4. The summed E-state index contributed by atoms with van der Waals surface area (Å²) in [7, 11) is 0. The second-order valence-corrected chi connectivity index (χ2v) is 7.76. The van der Waals surface area contributed by atoms with Crippen molar-refractivity contribution in [3.8, 4) is 11.1 Å². The lowest BCUT2D eigenvalue weighted by Crippen LogP contribution is -2.25. The van der Waals surface area contributed by atoms with Crippen molar-refractivity contribution < 1.29 is 9.90 Å². The van der Waals surface area contributed by atoms with Crippen molar-refractivity contribution in [2.24, 2.45) is 5.92 Å². The number of nitrogens with zero attached hydrogens (tertiary/aromatic N) is 2. The van der Waals surface area contributed by atoms with Gasteiger partial charge in [0.25, 0.3) is 0 Å². The number of rotatable bonds is 8. The molecule has 0 radical (unpaired) electrons. The van der Waals surface area contributed by atoms with Crippen molar-refractivity contribution in [3.05, 3.63) is 82.0 Å². The Morgan fingerprint density at radius 3 is 2.38 bits per heavy atom. The third-order valence-corrected chi connectivity index (χ3v) is 5.21. The van der Waals surface area contributed by atoms with Gasteiger partial charge in [0.1, 0.15) is 0 Å². The van der Waals surface area contributed by atoms with Crippen LogP contribution in [-0.4, -0.2) is 20.2 Å². The minimum atomic E-state index is -0.938. The Morgan fingerprint density at radius 2 is 1.76 bits per heavy atom. The van der Waals surface area contributed by atoms with E-state index in [1.807, 2.05) is 54.1 Å². The molecule has 5 heteroatoms. The highest BCUT2D eigenvalue weighted by molar-refractivity contribution is 5.95. The van der Waals surface area contributed by atoms with Gasteiger partial charge >= 0.3 is 11.7 Å². The Balaban J connectivity index is 1.88. The normalized spacial score (nSPS) is 11.2. The molecule has 0 atom stereocenters. The van der Waals surface area contributed by atoms with Crippen molar-refractivity contribution in [3.63, 3.8) is 0 Å². The van der Waals surface area contributed by atoms with Crippen LogP contribution in [0.1, 0.15) is 48.8 Å². The number of aryl methyl sites for hydroxylation is 2. The monoisotopic (exact) mass is 392 g/mol. The van der Waals surface area contributed by atoms with Gasteiger partial charge in [-0.3, -0.25) is 9.13 Å². The second kappa shape index (κ2) is 8.95. The van der Waals surface area contributed by atoms with Crippen molar-refractivity contribution in [2.75, 3.05) is 0 Å². The number of hydrogen-bond acceptors (Lipinski definition) is 2. The third-order valence-electron chi connectivity index (χ3n) is 5.21. The Labute approximate surface area is 171 Å². The van der Waals surface area contributed by atoms with Crippen molar-refractivity contribution in [2.45, 2.75) is 46.7 Å². The zero-order chi connectivity index (χ0) is 21.0. The SMILES string of the molecule is CCn1cc(CCC(C)C)n(Cc2ccc(-c3ccccc3C(=O)O)cc2)c1=O. The lowest BCUT2D eigenvalue weighted by atomic mass is 9.98. The summed E-state index contributed by atoms with van der Waals surface area (Å²) in [5, 5.41) is 9.41. The highest BCUT2D eigenvalue weighted by Gasteiger charge is 2.13. The van der Waals surface area contributed by atoms with Crippen LogP contribution in [0.4, 0.5) is 0 Å². The molecule has 0 fully saturated rings. The molecule has 0 spiro atoms. The molecule has 0 saturated carbocycles. The van der Waals surface area contributed by atoms with Crippen LogP contribution in [0.2, 0.25) is 0 Å². The lowest BCUT2D eigenvalue weighted by Gasteiger charge is -2.10. The minimum absolute atomic E-state index is 0.0200. The molecule has 5 nitrogen and oxygen atoms in total. The van der Waals surface area contributed by atoms with Crippen LogP contribution in [-0.2, 0) is 19.5 Å². The first-order valence-electron chi connectivity index (χ1n) is 10.1. The van der Waals surface area contributed by atoms with Gasteiger partial charge in [0.2, 0.25) is 0 Å². The summed E-state index contributed by atoms with van der Waals surface area (Å²) in [6.45, 7) is 7.53. The van der Waals surface area contributed by atoms with Crippen LogP contribution in [0.25, 0.3) is 11.1 Å². The fraction of sp³-hybridized carbons (Fsp3) is 0.333. The van der Waals surface area contributed by atoms with Crippen LogP contribution in [0.3, 0.4) is 0 Å². The number of carboxylic acid groups (broad SMARTS) is 1. The molecule has 29 heavy (non-hydrogen) atoms. The molecule has 152 valence electrons. The van der Waals surface area contributed by atoms with Crippen LogP contribution in [0.5, 0.6) is 0 Å². The van der Waals surface area contributed by atoms with Gasteiger partial charge in [-0.25, -0.2) is 9.59 Å². The molecule has 0 bridgehead atoms. The number of imidazole rings is 1. The zero-order valence-electron chi connectivity index (χ0n) is 17.3. The predicted octanol–water partition coefficient (Wildman–Crippen LogP) is 4.67. The minimum Gasteiger partial charge on any atom is -0.478 e. The Hall–Kier alpha value is -3.08. The topological polar surface area (TPSA) is 64.2 Å². The van der Waals surface area contributed by atoms with Gasteiger partial charge in [0.05, 0.1) is 12.1 Å².